The summed E-state index contributed by atoms with van der Waals surface area (Å²) < 4.78 is 0. The van der Waals surface area contributed by atoms with Crippen LogP contribution in [0.4, 0.5) is 5.69 Å². The molecule has 0 saturated carbocycles. The first kappa shape index (κ1) is 17.2. The molecule has 122 valence electrons. The van der Waals surface area contributed by atoms with E-state index in [-0.39, 0.29) is 4.92 Å². The third kappa shape index (κ3) is 5.20. The van der Waals surface area contributed by atoms with Crippen LogP contribution < -0.4 is 0 Å². The lowest BCUT2D eigenvalue weighted by Gasteiger charge is -2.08. The number of hydrogen-bond donors (Lipinski definition) is 0. The number of nitro groups is 1. The van der Waals surface area contributed by atoms with E-state index in [9.17, 15) is 10.1 Å². The summed E-state index contributed by atoms with van der Waals surface area (Å²) in [4.78, 5) is 11.3. The molecule has 3 nitrogen and oxygen atoms in total. The normalized spacial score (nSPS) is 10.7. The number of rotatable bonds is 9. The van der Waals surface area contributed by atoms with E-state index in [1.165, 1.54) is 18.4 Å². The van der Waals surface area contributed by atoms with Gasteiger partial charge in [-0.25, -0.2) is 0 Å². The lowest BCUT2D eigenvalue weighted by molar-refractivity contribution is -0.386. The van der Waals surface area contributed by atoms with Gasteiger partial charge in [0.15, 0.2) is 0 Å². The molecule has 0 atom stereocenters. The summed E-state index contributed by atoms with van der Waals surface area (Å²) in [6, 6.07) is 15.9. The van der Waals surface area contributed by atoms with Gasteiger partial charge in [0.1, 0.15) is 0 Å². The fourth-order valence-corrected chi connectivity index (χ4v) is 2.95. The Morgan fingerprint density at radius 2 is 1.52 bits per heavy atom. The van der Waals surface area contributed by atoms with E-state index in [1.807, 2.05) is 36.4 Å². The van der Waals surface area contributed by atoms with Crippen LogP contribution in [0.2, 0.25) is 0 Å². The van der Waals surface area contributed by atoms with Crippen molar-refractivity contribution in [1.29, 1.82) is 0 Å². The van der Waals surface area contributed by atoms with Crippen molar-refractivity contribution >= 4 is 5.69 Å². The van der Waals surface area contributed by atoms with Crippen molar-refractivity contribution < 1.29 is 4.92 Å². The average molecular weight is 311 g/mol. The van der Waals surface area contributed by atoms with Gasteiger partial charge in [-0.2, -0.15) is 0 Å². The van der Waals surface area contributed by atoms with Gasteiger partial charge in [0.2, 0.25) is 0 Å². The van der Waals surface area contributed by atoms with Gasteiger partial charge in [0.05, 0.1) is 4.92 Å². The van der Waals surface area contributed by atoms with Crippen LogP contribution in [0.25, 0.3) is 0 Å². The van der Waals surface area contributed by atoms with Crippen molar-refractivity contribution in [3.63, 3.8) is 0 Å². The summed E-state index contributed by atoms with van der Waals surface area (Å²) >= 11 is 0. The van der Waals surface area contributed by atoms with E-state index < -0.39 is 0 Å². The van der Waals surface area contributed by atoms with E-state index in [0.717, 1.165) is 36.8 Å². The average Bonchev–Trinajstić information content (AvgIpc) is 2.57. The number of hydrogen-bond acceptors (Lipinski definition) is 2. The first-order valence-electron chi connectivity index (χ1n) is 8.51. The monoisotopic (exact) mass is 311 g/mol. The highest BCUT2D eigenvalue weighted by Gasteiger charge is 2.18. The van der Waals surface area contributed by atoms with Crippen molar-refractivity contribution in [3.05, 3.63) is 75.3 Å². The predicted molar refractivity (Wildman–Crippen MR) is 94.8 cm³/mol. The number of nitrogens with zero attached hydrogens (tertiary/aromatic N) is 1. The molecule has 0 radical (unpaired) electrons. The Morgan fingerprint density at radius 1 is 0.826 bits per heavy atom. The van der Waals surface area contributed by atoms with Crippen molar-refractivity contribution in [2.24, 2.45) is 0 Å². The van der Waals surface area contributed by atoms with E-state index in [0.29, 0.717) is 12.1 Å². The maximum absolute atomic E-state index is 11.5. The van der Waals surface area contributed by atoms with E-state index in [2.05, 4.69) is 19.1 Å². The summed E-state index contributed by atoms with van der Waals surface area (Å²) in [7, 11) is 0. The zero-order chi connectivity index (χ0) is 16.5. The van der Waals surface area contributed by atoms with Crippen molar-refractivity contribution in [1.82, 2.24) is 0 Å². The Bertz CT molecular complexity index is 623. The minimum atomic E-state index is -0.199. The van der Waals surface area contributed by atoms with Crippen LogP contribution >= 0.6 is 0 Å². The van der Waals surface area contributed by atoms with Gasteiger partial charge in [-0.1, -0.05) is 74.7 Å². The largest absolute Gasteiger partial charge is 0.275 e. The number of para-hydroxylation sites is 1. The standard InChI is InChI=1S/C20H25NO2/c1-2-3-4-8-12-18-13-9-14-19(20(18)21(22)23)16-15-17-10-6-5-7-11-17/h5-7,9-11,13-14H,2-4,8,12,15-16H2,1H3. The van der Waals surface area contributed by atoms with Gasteiger partial charge in [-0.3, -0.25) is 10.1 Å². The smallest absolute Gasteiger partial charge is 0.258 e. The zero-order valence-corrected chi connectivity index (χ0v) is 13.8. The molecule has 0 aliphatic carbocycles. The lowest BCUT2D eigenvalue weighted by Crippen LogP contribution is -2.02. The number of unbranched alkanes of at least 4 members (excludes halogenated alkanes) is 3. The zero-order valence-electron chi connectivity index (χ0n) is 13.8. The minimum Gasteiger partial charge on any atom is -0.258 e. The van der Waals surface area contributed by atoms with E-state index in [1.54, 1.807) is 0 Å². The summed E-state index contributed by atoms with van der Waals surface area (Å²) in [5, 5.41) is 11.5. The van der Waals surface area contributed by atoms with Gasteiger partial charge < -0.3 is 0 Å². The highest BCUT2D eigenvalue weighted by atomic mass is 16.6. The van der Waals surface area contributed by atoms with Crippen molar-refractivity contribution in [2.45, 2.75) is 51.9 Å². The Hall–Kier alpha value is -2.16. The molecule has 0 fully saturated rings. The number of nitro benzene ring substituents is 1. The minimum absolute atomic E-state index is 0.199. The van der Waals surface area contributed by atoms with Crippen LogP contribution in [0, 0.1) is 10.1 Å². The van der Waals surface area contributed by atoms with Crippen LogP contribution in [0.3, 0.4) is 0 Å². The molecule has 0 aromatic heterocycles. The third-order valence-electron chi connectivity index (χ3n) is 4.21. The molecule has 2 aromatic carbocycles. The highest BCUT2D eigenvalue weighted by Crippen LogP contribution is 2.27. The molecule has 0 spiro atoms. The molecule has 0 unspecified atom stereocenters. The first-order chi connectivity index (χ1) is 11.2. The molecule has 2 aromatic rings. The molecule has 0 heterocycles. The molecule has 0 amide bonds. The number of benzene rings is 2. The Morgan fingerprint density at radius 3 is 2.17 bits per heavy atom. The van der Waals surface area contributed by atoms with Crippen LogP contribution in [-0.2, 0) is 19.3 Å². The highest BCUT2D eigenvalue weighted by molar-refractivity contribution is 5.48. The summed E-state index contributed by atoms with van der Waals surface area (Å²) in [6.07, 6.45) is 6.89. The summed E-state index contributed by atoms with van der Waals surface area (Å²) in [6.45, 7) is 2.17. The summed E-state index contributed by atoms with van der Waals surface area (Å²) in [5.74, 6) is 0. The lowest BCUT2D eigenvalue weighted by atomic mass is 9.97. The molecule has 2 rings (SSSR count). The van der Waals surface area contributed by atoms with Crippen LogP contribution in [-0.4, -0.2) is 4.92 Å². The molecule has 0 saturated heterocycles. The van der Waals surface area contributed by atoms with Crippen molar-refractivity contribution in [2.75, 3.05) is 0 Å². The van der Waals surface area contributed by atoms with Gasteiger partial charge in [-0.05, 0) is 31.2 Å². The molecule has 0 aliphatic heterocycles. The fourth-order valence-electron chi connectivity index (χ4n) is 2.95. The summed E-state index contributed by atoms with van der Waals surface area (Å²) in [5.41, 5.74) is 3.29. The van der Waals surface area contributed by atoms with Gasteiger partial charge >= 0.3 is 0 Å². The molecule has 23 heavy (non-hydrogen) atoms. The van der Waals surface area contributed by atoms with Crippen LogP contribution in [0.15, 0.2) is 48.5 Å². The molecular formula is C20H25NO2. The second-order valence-electron chi connectivity index (χ2n) is 5.98. The first-order valence-corrected chi connectivity index (χ1v) is 8.51. The molecule has 0 bridgehead atoms. The topological polar surface area (TPSA) is 43.1 Å². The fraction of sp³-hybridized carbons (Fsp3) is 0.400. The van der Waals surface area contributed by atoms with Crippen LogP contribution in [0.1, 0.15) is 49.3 Å². The second kappa shape index (κ2) is 9.09. The van der Waals surface area contributed by atoms with Crippen molar-refractivity contribution in [3.8, 4) is 0 Å². The third-order valence-corrected chi connectivity index (χ3v) is 4.21. The molecule has 0 N–H and O–H groups in total. The Balaban J connectivity index is 2.10. The van der Waals surface area contributed by atoms with Gasteiger partial charge in [0.25, 0.3) is 5.69 Å². The Labute approximate surface area is 138 Å². The molecule has 3 heteroatoms. The quantitative estimate of drug-likeness (QED) is 0.348. The van der Waals surface area contributed by atoms with E-state index >= 15 is 0 Å². The van der Waals surface area contributed by atoms with Crippen LogP contribution in [0.5, 0.6) is 0 Å². The SMILES string of the molecule is CCCCCCc1cccc(CCc2ccccc2)c1[N+](=O)[O-]. The second-order valence-corrected chi connectivity index (χ2v) is 5.98. The Kier molecular flexibility index (Phi) is 6.79. The predicted octanol–water partition coefficient (Wildman–Crippen LogP) is 5.50. The van der Waals surface area contributed by atoms with E-state index in [4.69, 9.17) is 0 Å². The van der Waals surface area contributed by atoms with Gasteiger partial charge in [-0.15, -0.1) is 0 Å². The van der Waals surface area contributed by atoms with Gasteiger partial charge in [0, 0.05) is 11.1 Å². The maximum atomic E-state index is 11.5. The number of aryl methyl sites for hydroxylation is 3. The molecule has 0 aliphatic rings. The molecular weight excluding hydrogens is 286 g/mol. The maximum Gasteiger partial charge on any atom is 0.275 e.